The van der Waals surface area contributed by atoms with Crippen molar-refractivity contribution in [1.29, 1.82) is 0 Å². The quantitative estimate of drug-likeness (QED) is 0.559. The Kier molecular flexibility index (Phi) is 7.37. The number of likely N-dealkylation sites (N-methyl/N-ethyl adjacent to an activating group) is 1. The summed E-state index contributed by atoms with van der Waals surface area (Å²) >= 11 is 0. The second-order valence-electron chi connectivity index (χ2n) is 3.11. The molecule has 1 amide bonds. The Morgan fingerprint density at radius 3 is 2.57 bits per heavy atom. The highest BCUT2D eigenvalue weighted by Gasteiger charge is 2.15. The van der Waals surface area contributed by atoms with Gasteiger partial charge in [0.15, 0.2) is 0 Å². The van der Waals surface area contributed by atoms with Crippen LogP contribution in [0.3, 0.4) is 0 Å². The predicted octanol–water partition coefficient (Wildman–Crippen LogP) is -0.499. The average molecular weight is 204 g/mol. The van der Waals surface area contributed by atoms with Crippen LogP contribution in [-0.4, -0.2) is 44.9 Å². The monoisotopic (exact) mass is 204 g/mol. The molecule has 0 saturated heterocycles. The molecule has 0 bridgehead atoms. The first kappa shape index (κ1) is 13.4. The van der Waals surface area contributed by atoms with Crippen molar-refractivity contribution in [3.63, 3.8) is 0 Å². The van der Waals surface area contributed by atoms with E-state index in [1.165, 1.54) is 0 Å². The van der Waals surface area contributed by atoms with Crippen molar-refractivity contribution in [3.05, 3.63) is 0 Å². The van der Waals surface area contributed by atoms with Crippen LogP contribution in [0.25, 0.3) is 0 Å². The van der Waals surface area contributed by atoms with Gasteiger partial charge in [0.05, 0.1) is 19.3 Å². The number of primary amides is 1. The molecule has 0 radical (unpaired) electrons. The minimum atomic E-state index is -0.417. The zero-order valence-electron chi connectivity index (χ0n) is 9.08. The van der Waals surface area contributed by atoms with Crippen molar-refractivity contribution in [3.8, 4) is 0 Å². The number of nitrogens with one attached hydrogen (secondary N) is 1. The van der Waals surface area contributed by atoms with Gasteiger partial charge in [-0.15, -0.1) is 0 Å². The number of hydrogen-bond acceptors (Lipinski definition) is 4. The SMILES string of the molecule is CCNC(COC(C)COC)C(N)=O. The van der Waals surface area contributed by atoms with Gasteiger partial charge in [0, 0.05) is 7.11 Å². The molecule has 5 heteroatoms. The summed E-state index contributed by atoms with van der Waals surface area (Å²) in [5, 5.41) is 2.94. The van der Waals surface area contributed by atoms with Crippen LogP contribution >= 0.6 is 0 Å². The van der Waals surface area contributed by atoms with E-state index in [1.54, 1.807) is 7.11 Å². The van der Waals surface area contributed by atoms with E-state index in [4.69, 9.17) is 15.2 Å². The van der Waals surface area contributed by atoms with Crippen molar-refractivity contribution < 1.29 is 14.3 Å². The van der Waals surface area contributed by atoms with Crippen molar-refractivity contribution >= 4 is 5.91 Å². The summed E-state index contributed by atoms with van der Waals surface area (Å²) in [6.07, 6.45) is -0.0273. The molecule has 0 aliphatic carbocycles. The topological polar surface area (TPSA) is 73.6 Å². The Morgan fingerprint density at radius 2 is 2.14 bits per heavy atom. The number of nitrogens with two attached hydrogens (primary N) is 1. The van der Waals surface area contributed by atoms with Gasteiger partial charge < -0.3 is 20.5 Å². The van der Waals surface area contributed by atoms with E-state index in [-0.39, 0.29) is 12.7 Å². The zero-order valence-corrected chi connectivity index (χ0v) is 9.08. The Bertz CT molecular complexity index is 164. The van der Waals surface area contributed by atoms with E-state index < -0.39 is 11.9 Å². The maximum atomic E-state index is 10.9. The molecule has 0 aromatic heterocycles. The molecule has 84 valence electrons. The molecule has 0 aromatic rings. The van der Waals surface area contributed by atoms with Crippen molar-refractivity contribution in [1.82, 2.24) is 5.32 Å². The fourth-order valence-corrected chi connectivity index (χ4v) is 1.03. The van der Waals surface area contributed by atoms with E-state index >= 15 is 0 Å². The first-order valence-corrected chi connectivity index (χ1v) is 4.75. The van der Waals surface area contributed by atoms with Crippen LogP contribution in [0.1, 0.15) is 13.8 Å². The number of ether oxygens (including phenoxy) is 2. The molecule has 0 saturated carbocycles. The van der Waals surface area contributed by atoms with Gasteiger partial charge in [-0.1, -0.05) is 6.92 Å². The molecule has 0 heterocycles. The molecule has 3 N–H and O–H groups in total. The third-order valence-electron chi connectivity index (χ3n) is 1.74. The smallest absolute Gasteiger partial charge is 0.236 e. The minimum absolute atomic E-state index is 0.0273. The standard InChI is InChI=1S/C9H20N2O3/c1-4-11-8(9(10)12)6-14-7(2)5-13-3/h7-8,11H,4-6H2,1-3H3,(H2,10,12). The highest BCUT2D eigenvalue weighted by molar-refractivity contribution is 5.79. The summed E-state index contributed by atoms with van der Waals surface area (Å²) in [5.74, 6) is -0.392. The molecule has 0 aliphatic rings. The van der Waals surface area contributed by atoms with Crippen molar-refractivity contribution in [2.45, 2.75) is 26.0 Å². The molecule has 2 unspecified atom stereocenters. The fourth-order valence-electron chi connectivity index (χ4n) is 1.03. The lowest BCUT2D eigenvalue weighted by Gasteiger charge is -2.17. The van der Waals surface area contributed by atoms with Gasteiger partial charge in [0.25, 0.3) is 0 Å². The lowest BCUT2D eigenvalue weighted by atomic mass is 10.3. The molecular formula is C9H20N2O3. The van der Waals surface area contributed by atoms with Crippen molar-refractivity contribution in [2.24, 2.45) is 5.73 Å². The lowest BCUT2D eigenvalue weighted by Crippen LogP contribution is -2.45. The number of carbonyl (C=O) groups excluding carboxylic acids is 1. The van der Waals surface area contributed by atoms with Gasteiger partial charge in [-0.2, -0.15) is 0 Å². The summed E-state index contributed by atoms with van der Waals surface area (Å²) in [6.45, 7) is 5.28. The van der Waals surface area contributed by atoms with Crippen LogP contribution in [0.2, 0.25) is 0 Å². The van der Waals surface area contributed by atoms with Gasteiger partial charge in [0.2, 0.25) is 5.91 Å². The molecule has 0 rings (SSSR count). The third kappa shape index (κ3) is 5.90. The summed E-state index contributed by atoms with van der Waals surface area (Å²) in [4.78, 5) is 10.9. The van der Waals surface area contributed by atoms with Gasteiger partial charge >= 0.3 is 0 Å². The maximum Gasteiger partial charge on any atom is 0.236 e. The van der Waals surface area contributed by atoms with Gasteiger partial charge in [-0.05, 0) is 13.5 Å². The van der Waals surface area contributed by atoms with Crippen LogP contribution in [0.15, 0.2) is 0 Å². The summed E-state index contributed by atoms with van der Waals surface area (Å²) < 4.78 is 10.3. The number of hydrogen-bond donors (Lipinski definition) is 2. The molecule has 0 aliphatic heterocycles. The normalized spacial score (nSPS) is 15.1. The number of rotatable bonds is 8. The fraction of sp³-hybridized carbons (Fsp3) is 0.889. The van der Waals surface area contributed by atoms with Gasteiger partial charge in [-0.3, -0.25) is 4.79 Å². The minimum Gasteiger partial charge on any atom is -0.382 e. The molecule has 14 heavy (non-hydrogen) atoms. The Balaban J connectivity index is 3.75. The lowest BCUT2D eigenvalue weighted by molar-refractivity contribution is -0.122. The molecule has 2 atom stereocenters. The third-order valence-corrected chi connectivity index (χ3v) is 1.74. The zero-order chi connectivity index (χ0) is 11.0. The van der Waals surface area contributed by atoms with E-state index in [2.05, 4.69) is 5.32 Å². The Labute approximate surface area is 84.9 Å². The molecule has 0 aromatic carbocycles. The first-order valence-electron chi connectivity index (χ1n) is 4.75. The maximum absolute atomic E-state index is 10.9. The van der Waals surface area contributed by atoms with Gasteiger partial charge in [0.1, 0.15) is 6.04 Å². The second kappa shape index (κ2) is 7.73. The van der Waals surface area contributed by atoms with E-state index in [0.29, 0.717) is 13.2 Å². The van der Waals surface area contributed by atoms with Crippen LogP contribution in [-0.2, 0) is 14.3 Å². The largest absolute Gasteiger partial charge is 0.382 e. The Morgan fingerprint density at radius 1 is 1.50 bits per heavy atom. The first-order chi connectivity index (χ1) is 6.61. The van der Waals surface area contributed by atoms with Crippen LogP contribution in [0.5, 0.6) is 0 Å². The highest BCUT2D eigenvalue weighted by atomic mass is 16.5. The van der Waals surface area contributed by atoms with Crippen LogP contribution < -0.4 is 11.1 Å². The molecule has 0 spiro atoms. The van der Waals surface area contributed by atoms with Gasteiger partial charge in [-0.25, -0.2) is 0 Å². The molecule has 0 fully saturated rings. The van der Waals surface area contributed by atoms with Crippen LogP contribution in [0.4, 0.5) is 0 Å². The van der Waals surface area contributed by atoms with Crippen LogP contribution in [0, 0.1) is 0 Å². The van der Waals surface area contributed by atoms with E-state index in [1.807, 2.05) is 13.8 Å². The number of amides is 1. The number of carbonyl (C=O) groups is 1. The second-order valence-corrected chi connectivity index (χ2v) is 3.11. The summed E-state index contributed by atoms with van der Waals surface area (Å²) in [6, 6.07) is -0.417. The average Bonchev–Trinajstić information content (AvgIpc) is 2.12. The van der Waals surface area contributed by atoms with Crippen molar-refractivity contribution in [2.75, 3.05) is 26.9 Å². The highest BCUT2D eigenvalue weighted by Crippen LogP contribution is 1.93. The summed E-state index contributed by atoms with van der Waals surface area (Å²) in [7, 11) is 1.61. The Hall–Kier alpha value is -0.650. The molecular weight excluding hydrogens is 184 g/mol. The summed E-state index contributed by atoms with van der Waals surface area (Å²) in [5.41, 5.74) is 5.17. The van der Waals surface area contributed by atoms with E-state index in [0.717, 1.165) is 0 Å². The number of methoxy groups -OCH3 is 1. The molecule has 5 nitrogen and oxygen atoms in total. The predicted molar refractivity (Wildman–Crippen MR) is 53.9 cm³/mol. The van der Waals surface area contributed by atoms with E-state index in [9.17, 15) is 4.79 Å².